The Morgan fingerprint density at radius 3 is 2.74 bits per heavy atom. The van der Waals surface area contributed by atoms with Gasteiger partial charge >= 0.3 is 0 Å². The summed E-state index contributed by atoms with van der Waals surface area (Å²) >= 11 is 0. The van der Waals surface area contributed by atoms with Crippen LogP contribution in [-0.4, -0.2) is 61.5 Å². The lowest BCUT2D eigenvalue weighted by molar-refractivity contribution is -0.117. The molecule has 0 radical (unpaired) electrons. The third-order valence-electron chi connectivity index (χ3n) is 5.76. The number of hydrogen-bond acceptors (Lipinski definition) is 6. The van der Waals surface area contributed by atoms with Crippen molar-refractivity contribution in [3.63, 3.8) is 0 Å². The van der Waals surface area contributed by atoms with Crippen molar-refractivity contribution in [2.24, 2.45) is 0 Å². The lowest BCUT2D eigenvalue weighted by Crippen LogP contribution is -2.40. The summed E-state index contributed by atoms with van der Waals surface area (Å²) < 4.78 is 5.20. The number of hydrogen-bond donors (Lipinski definition) is 2. The number of nitrogens with one attached hydrogen (secondary N) is 2. The molecule has 1 aromatic carbocycles. The monoisotopic (exact) mass is 423 g/mol. The number of carbonyl (C=O) groups is 2. The number of carbonyl (C=O) groups excluding carboxylic acids is 2. The van der Waals surface area contributed by atoms with Gasteiger partial charge in [0.2, 0.25) is 5.91 Å². The van der Waals surface area contributed by atoms with Gasteiger partial charge in [-0.2, -0.15) is 0 Å². The van der Waals surface area contributed by atoms with E-state index in [0.29, 0.717) is 30.2 Å². The van der Waals surface area contributed by atoms with E-state index in [-0.39, 0.29) is 18.4 Å². The van der Waals surface area contributed by atoms with Gasteiger partial charge in [0, 0.05) is 12.7 Å². The molecule has 2 N–H and O–H groups in total. The Kier molecular flexibility index (Phi) is 6.66. The Morgan fingerprint density at radius 2 is 2.00 bits per heavy atom. The van der Waals surface area contributed by atoms with Crippen LogP contribution in [0.3, 0.4) is 0 Å². The third-order valence-corrected chi connectivity index (χ3v) is 5.76. The van der Waals surface area contributed by atoms with Crippen LogP contribution in [0.5, 0.6) is 5.75 Å². The van der Waals surface area contributed by atoms with Crippen LogP contribution in [0.4, 0.5) is 11.5 Å². The smallest absolute Gasteiger partial charge is 0.252 e. The number of rotatable bonds is 8. The molecule has 2 aliphatic heterocycles. The predicted molar refractivity (Wildman–Crippen MR) is 120 cm³/mol. The number of anilines is 2. The first-order chi connectivity index (χ1) is 15.1. The summed E-state index contributed by atoms with van der Waals surface area (Å²) in [4.78, 5) is 33.7. The van der Waals surface area contributed by atoms with Gasteiger partial charge in [0.25, 0.3) is 5.91 Å². The Morgan fingerprint density at radius 1 is 1.23 bits per heavy atom. The number of ether oxygens (including phenoxy) is 1. The van der Waals surface area contributed by atoms with E-state index in [1.165, 1.54) is 12.8 Å². The Balaban J connectivity index is 1.42. The molecule has 1 aromatic heterocycles. The molecule has 1 saturated heterocycles. The molecule has 8 heteroatoms. The molecule has 3 heterocycles. The summed E-state index contributed by atoms with van der Waals surface area (Å²) in [6.45, 7) is 4.54. The molecule has 164 valence electrons. The zero-order valence-electron chi connectivity index (χ0n) is 17.9. The number of aromatic nitrogens is 1. The maximum absolute atomic E-state index is 12.6. The van der Waals surface area contributed by atoms with Crippen molar-refractivity contribution >= 4 is 23.3 Å². The van der Waals surface area contributed by atoms with Gasteiger partial charge in [-0.15, -0.1) is 0 Å². The van der Waals surface area contributed by atoms with Crippen LogP contribution in [0.2, 0.25) is 0 Å². The summed E-state index contributed by atoms with van der Waals surface area (Å²) in [5.74, 6) is 1.15. The third kappa shape index (κ3) is 5.14. The van der Waals surface area contributed by atoms with Crippen molar-refractivity contribution in [2.45, 2.75) is 25.8 Å². The lowest BCUT2D eigenvalue weighted by atomic mass is 10.1. The van der Waals surface area contributed by atoms with Crippen LogP contribution < -0.4 is 20.3 Å². The highest BCUT2D eigenvalue weighted by Gasteiger charge is 2.26. The standard InChI is InChI=1S/C23H29N5O3/c1-31-19-7-5-17(6-8-19)16-28-20-13-18(14-25-22(20)26-15-21(28)29)23(30)24-9-4-12-27-10-2-3-11-27/h5-8,13-14H,2-4,9-12,15-16H2,1H3,(H,24,30)(H,25,26). The number of likely N-dealkylation sites (tertiary alicyclic amines) is 1. The zero-order chi connectivity index (χ0) is 21.6. The van der Waals surface area contributed by atoms with Gasteiger partial charge in [-0.05, 0) is 62.7 Å². The number of nitrogens with zero attached hydrogens (tertiary/aromatic N) is 3. The summed E-state index contributed by atoms with van der Waals surface area (Å²) in [5, 5.41) is 6.01. The van der Waals surface area contributed by atoms with E-state index in [4.69, 9.17) is 4.74 Å². The molecule has 8 nitrogen and oxygen atoms in total. The average Bonchev–Trinajstić information content (AvgIpc) is 3.32. The van der Waals surface area contributed by atoms with Gasteiger partial charge in [0.15, 0.2) is 5.82 Å². The molecule has 0 spiro atoms. The van der Waals surface area contributed by atoms with Crippen molar-refractivity contribution < 1.29 is 14.3 Å². The summed E-state index contributed by atoms with van der Waals surface area (Å²) in [5.41, 5.74) is 2.05. The van der Waals surface area contributed by atoms with Gasteiger partial charge in [-0.1, -0.05) is 12.1 Å². The summed E-state index contributed by atoms with van der Waals surface area (Å²) in [7, 11) is 1.62. The van der Waals surface area contributed by atoms with Crippen LogP contribution in [0.25, 0.3) is 0 Å². The molecule has 0 unspecified atom stereocenters. The fraction of sp³-hybridized carbons (Fsp3) is 0.435. The van der Waals surface area contributed by atoms with E-state index in [1.807, 2.05) is 24.3 Å². The van der Waals surface area contributed by atoms with Crippen molar-refractivity contribution in [3.8, 4) is 5.75 Å². The number of pyridine rings is 1. The topological polar surface area (TPSA) is 86.8 Å². The van der Waals surface area contributed by atoms with Gasteiger partial charge in [0.05, 0.1) is 31.5 Å². The second kappa shape index (κ2) is 9.78. The molecule has 0 atom stereocenters. The number of methoxy groups -OCH3 is 1. The van der Waals surface area contributed by atoms with Gasteiger partial charge < -0.3 is 25.2 Å². The van der Waals surface area contributed by atoms with Crippen LogP contribution in [0.15, 0.2) is 36.5 Å². The molecule has 31 heavy (non-hydrogen) atoms. The van der Waals surface area contributed by atoms with Gasteiger partial charge in [-0.3, -0.25) is 9.59 Å². The first-order valence-electron chi connectivity index (χ1n) is 10.8. The SMILES string of the molecule is COc1ccc(CN2C(=O)CNc3ncc(C(=O)NCCCN4CCCC4)cc32)cc1. The molecule has 2 aromatic rings. The lowest BCUT2D eigenvalue weighted by Gasteiger charge is -2.29. The van der Waals surface area contributed by atoms with Gasteiger partial charge in [-0.25, -0.2) is 4.98 Å². The normalized spacial score (nSPS) is 16.0. The summed E-state index contributed by atoms with van der Waals surface area (Å²) in [6, 6.07) is 9.34. The van der Waals surface area contributed by atoms with Gasteiger partial charge in [0.1, 0.15) is 5.75 Å². The maximum atomic E-state index is 12.6. The Hall–Kier alpha value is -3.13. The highest BCUT2D eigenvalue weighted by atomic mass is 16.5. The van der Waals surface area contributed by atoms with E-state index in [9.17, 15) is 9.59 Å². The molecular weight excluding hydrogens is 394 g/mol. The second-order valence-electron chi connectivity index (χ2n) is 7.93. The number of fused-ring (bicyclic) bond motifs is 1. The maximum Gasteiger partial charge on any atom is 0.252 e. The minimum Gasteiger partial charge on any atom is -0.497 e. The molecule has 2 aliphatic rings. The first kappa shape index (κ1) is 21.1. The van der Waals surface area contributed by atoms with Crippen molar-refractivity contribution in [3.05, 3.63) is 47.7 Å². The molecular formula is C23H29N5O3. The van der Waals surface area contributed by atoms with Crippen LogP contribution in [0.1, 0.15) is 35.2 Å². The zero-order valence-corrected chi connectivity index (χ0v) is 17.9. The van der Waals surface area contributed by atoms with E-state index in [2.05, 4.69) is 20.5 Å². The van der Waals surface area contributed by atoms with E-state index in [0.717, 1.165) is 37.4 Å². The van der Waals surface area contributed by atoms with Crippen molar-refractivity contribution in [1.82, 2.24) is 15.2 Å². The second-order valence-corrected chi connectivity index (χ2v) is 7.93. The van der Waals surface area contributed by atoms with Crippen LogP contribution in [-0.2, 0) is 11.3 Å². The molecule has 2 amide bonds. The minimum atomic E-state index is -0.167. The first-order valence-corrected chi connectivity index (χ1v) is 10.8. The van der Waals surface area contributed by atoms with Crippen molar-refractivity contribution in [2.75, 3.05) is 50.1 Å². The average molecular weight is 424 g/mol. The summed E-state index contributed by atoms with van der Waals surface area (Å²) in [6.07, 6.45) is 5.02. The van der Waals surface area contributed by atoms with Crippen LogP contribution >= 0.6 is 0 Å². The molecule has 0 saturated carbocycles. The molecule has 0 bridgehead atoms. The predicted octanol–water partition coefficient (Wildman–Crippen LogP) is 2.26. The fourth-order valence-corrected chi connectivity index (χ4v) is 4.01. The van der Waals surface area contributed by atoms with E-state index in [1.54, 1.807) is 24.3 Å². The highest BCUT2D eigenvalue weighted by Crippen LogP contribution is 2.30. The highest BCUT2D eigenvalue weighted by molar-refractivity contribution is 6.04. The quantitative estimate of drug-likeness (QED) is 0.634. The van der Waals surface area contributed by atoms with E-state index >= 15 is 0 Å². The molecule has 1 fully saturated rings. The Bertz CT molecular complexity index is 925. The van der Waals surface area contributed by atoms with E-state index < -0.39 is 0 Å². The van der Waals surface area contributed by atoms with Crippen LogP contribution in [0, 0.1) is 0 Å². The number of benzene rings is 1. The molecule has 0 aliphatic carbocycles. The van der Waals surface area contributed by atoms with Crippen molar-refractivity contribution in [1.29, 1.82) is 0 Å². The largest absolute Gasteiger partial charge is 0.497 e. The fourth-order valence-electron chi connectivity index (χ4n) is 4.01. The Labute approximate surface area is 182 Å². The minimum absolute atomic E-state index is 0.0618. The number of amides is 2. The molecule has 4 rings (SSSR count).